The smallest absolute Gasteiger partial charge is 0.257 e. The summed E-state index contributed by atoms with van der Waals surface area (Å²) in [6.07, 6.45) is 3.94. The fraction of sp³-hybridized carbons (Fsp3) is 0.278. The van der Waals surface area contributed by atoms with E-state index >= 15 is 0 Å². The molecule has 0 aliphatic carbocycles. The van der Waals surface area contributed by atoms with E-state index < -0.39 is 0 Å². The number of nitrogens with one attached hydrogen (secondary N) is 1. The van der Waals surface area contributed by atoms with Gasteiger partial charge in [-0.25, -0.2) is 0 Å². The second kappa shape index (κ2) is 7.05. The lowest BCUT2D eigenvalue weighted by molar-refractivity contribution is -0.116. The fourth-order valence-corrected chi connectivity index (χ4v) is 2.53. The van der Waals surface area contributed by atoms with Crippen molar-refractivity contribution in [2.75, 3.05) is 17.3 Å². The molecular weight excluding hydrogens is 290 g/mol. The number of hydrogen-bond acceptors (Lipinski definition) is 3. The monoisotopic (exact) mass is 311 g/mol. The van der Waals surface area contributed by atoms with Crippen LogP contribution >= 0.6 is 0 Å². The molecule has 0 bridgehead atoms. The Morgan fingerprint density at radius 1 is 1.39 bits per heavy atom. The Bertz CT molecular complexity index is 730. The molecule has 5 nitrogen and oxygen atoms in total. The van der Waals surface area contributed by atoms with Crippen LogP contribution in [0.3, 0.4) is 0 Å². The second-order valence-electron chi connectivity index (χ2n) is 5.20. The van der Waals surface area contributed by atoms with Crippen molar-refractivity contribution in [2.24, 2.45) is 4.99 Å². The lowest BCUT2D eigenvalue weighted by Crippen LogP contribution is -2.40. The average molecular weight is 311 g/mol. The molecule has 2 rings (SSSR count). The van der Waals surface area contributed by atoms with Crippen molar-refractivity contribution >= 4 is 29.0 Å². The molecule has 0 unspecified atom stereocenters. The Balaban J connectivity index is 2.46. The van der Waals surface area contributed by atoms with E-state index in [1.165, 1.54) is 0 Å². The summed E-state index contributed by atoms with van der Waals surface area (Å²) in [5, 5.41) is 2.81. The van der Waals surface area contributed by atoms with E-state index in [1.807, 2.05) is 32.1 Å². The zero-order valence-corrected chi connectivity index (χ0v) is 13.9. The molecule has 1 aromatic carbocycles. The van der Waals surface area contributed by atoms with Crippen molar-refractivity contribution in [3.63, 3.8) is 0 Å². The number of carbonyl (C=O) groups is 2. The number of anilines is 2. The van der Waals surface area contributed by atoms with Crippen molar-refractivity contribution < 1.29 is 9.59 Å². The van der Waals surface area contributed by atoms with Gasteiger partial charge in [0.2, 0.25) is 5.91 Å². The summed E-state index contributed by atoms with van der Waals surface area (Å²) in [6, 6.07) is 7.21. The molecule has 0 saturated heterocycles. The molecular formula is C18H21N3O2. The van der Waals surface area contributed by atoms with E-state index in [2.05, 4.69) is 10.3 Å². The highest BCUT2D eigenvalue weighted by Gasteiger charge is 2.28. The van der Waals surface area contributed by atoms with E-state index in [4.69, 9.17) is 0 Å². The van der Waals surface area contributed by atoms with Gasteiger partial charge in [0.05, 0.1) is 5.69 Å². The van der Waals surface area contributed by atoms with Gasteiger partial charge < -0.3 is 5.32 Å². The SMILES string of the molecule is C/C=C1/C(C)=CC(=O)N(c2cccc(NC(=O)CC)c2)C1=NC. The first-order chi connectivity index (χ1) is 11.0. The number of rotatable bonds is 3. The van der Waals surface area contributed by atoms with Gasteiger partial charge in [-0.2, -0.15) is 0 Å². The molecule has 0 atom stereocenters. The van der Waals surface area contributed by atoms with Crippen LogP contribution in [0.4, 0.5) is 11.4 Å². The number of allylic oxidation sites excluding steroid dienone is 1. The van der Waals surface area contributed by atoms with Crippen molar-refractivity contribution in [1.29, 1.82) is 0 Å². The van der Waals surface area contributed by atoms with E-state index in [-0.39, 0.29) is 11.8 Å². The largest absolute Gasteiger partial charge is 0.326 e. The maximum absolute atomic E-state index is 12.5. The fourth-order valence-electron chi connectivity index (χ4n) is 2.53. The first-order valence-corrected chi connectivity index (χ1v) is 7.58. The summed E-state index contributed by atoms with van der Waals surface area (Å²) in [6.45, 7) is 5.61. The number of nitrogens with zero attached hydrogens (tertiary/aromatic N) is 2. The first kappa shape index (κ1) is 16.7. The molecule has 5 heteroatoms. The molecule has 1 aliphatic rings. The number of benzene rings is 1. The highest BCUT2D eigenvalue weighted by Crippen LogP contribution is 2.28. The van der Waals surface area contributed by atoms with Gasteiger partial charge in [-0.05, 0) is 37.6 Å². The van der Waals surface area contributed by atoms with Gasteiger partial charge in [-0.1, -0.05) is 19.1 Å². The maximum atomic E-state index is 12.5. The van der Waals surface area contributed by atoms with Gasteiger partial charge in [0.1, 0.15) is 5.84 Å². The van der Waals surface area contributed by atoms with E-state index in [1.54, 1.807) is 37.1 Å². The summed E-state index contributed by atoms with van der Waals surface area (Å²) in [5.41, 5.74) is 3.15. The summed E-state index contributed by atoms with van der Waals surface area (Å²) in [7, 11) is 1.67. The zero-order chi connectivity index (χ0) is 17.0. The van der Waals surface area contributed by atoms with Gasteiger partial charge in [0, 0.05) is 30.8 Å². The molecule has 1 N–H and O–H groups in total. The quantitative estimate of drug-likeness (QED) is 0.931. The van der Waals surface area contributed by atoms with Crippen molar-refractivity contribution in [3.8, 4) is 0 Å². The third-order valence-corrected chi connectivity index (χ3v) is 3.65. The Labute approximate surface area is 136 Å². The van der Waals surface area contributed by atoms with E-state index in [0.717, 1.165) is 11.1 Å². The topological polar surface area (TPSA) is 61.8 Å². The normalized spacial score (nSPS) is 18.3. The van der Waals surface area contributed by atoms with Crippen LogP contribution in [0.15, 0.2) is 52.6 Å². The molecule has 0 aromatic heterocycles. The summed E-state index contributed by atoms with van der Waals surface area (Å²) in [4.78, 5) is 29.9. The minimum absolute atomic E-state index is 0.0682. The molecule has 0 saturated carbocycles. The van der Waals surface area contributed by atoms with Crippen LogP contribution in [0.25, 0.3) is 0 Å². The van der Waals surface area contributed by atoms with Crippen LogP contribution in [0.5, 0.6) is 0 Å². The van der Waals surface area contributed by atoms with Gasteiger partial charge in [-0.15, -0.1) is 0 Å². The molecule has 1 heterocycles. The summed E-state index contributed by atoms with van der Waals surface area (Å²) >= 11 is 0. The Morgan fingerprint density at radius 2 is 2.13 bits per heavy atom. The standard InChI is InChI=1S/C18H21N3O2/c1-5-15-12(3)10-17(23)21(18(15)19-4)14-9-7-8-13(11-14)20-16(22)6-2/h5,7-11H,6H2,1-4H3,(H,20,22)/b15-5-,19-18?. The predicted molar refractivity (Wildman–Crippen MR) is 93.7 cm³/mol. The van der Waals surface area contributed by atoms with Crippen molar-refractivity contribution in [1.82, 2.24) is 0 Å². The van der Waals surface area contributed by atoms with Gasteiger partial charge in [0.25, 0.3) is 5.91 Å². The number of aliphatic imine (C=N–C) groups is 1. The Morgan fingerprint density at radius 3 is 2.74 bits per heavy atom. The lowest BCUT2D eigenvalue weighted by atomic mass is 10.00. The van der Waals surface area contributed by atoms with Crippen LogP contribution in [-0.2, 0) is 9.59 Å². The number of hydrogen-bond donors (Lipinski definition) is 1. The third-order valence-electron chi connectivity index (χ3n) is 3.65. The molecule has 0 radical (unpaired) electrons. The number of amidine groups is 1. The van der Waals surface area contributed by atoms with Crippen LogP contribution in [0.2, 0.25) is 0 Å². The third kappa shape index (κ3) is 3.39. The molecule has 2 amide bonds. The second-order valence-corrected chi connectivity index (χ2v) is 5.20. The highest BCUT2D eigenvalue weighted by atomic mass is 16.2. The molecule has 1 aliphatic heterocycles. The van der Waals surface area contributed by atoms with E-state index in [9.17, 15) is 9.59 Å². The van der Waals surface area contributed by atoms with Crippen LogP contribution in [0, 0.1) is 0 Å². The number of carbonyl (C=O) groups excluding carboxylic acids is 2. The molecule has 1 aromatic rings. The molecule has 0 spiro atoms. The van der Waals surface area contributed by atoms with Crippen LogP contribution in [0.1, 0.15) is 27.2 Å². The van der Waals surface area contributed by atoms with E-state index in [0.29, 0.717) is 23.6 Å². The first-order valence-electron chi connectivity index (χ1n) is 7.58. The van der Waals surface area contributed by atoms with Crippen molar-refractivity contribution in [3.05, 3.63) is 47.6 Å². The predicted octanol–water partition coefficient (Wildman–Crippen LogP) is 3.30. The summed E-state index contributed by atoms with van der Waals surface area (Å²) in [5.74, 6) is 0.394. The Kier molecular flexibility index (Phi) is 5.11. The van der Waals surface area contributed by atoms with Gasteiger partial charge >= 0.3 is 0 Å². The minimum Gasteiger partial charge on any atom is -0.326 e. The van der Waals surface area contributed by atoms with Crippen molar-refractivity contribution in [2.45, 2.75) is 27.2 Å². The molecule has 23 heavy (non-hydrogen) atoms. The minimum atomic E-state index is -0.146. The summed E-state index contributed by atoms with van der Waals surface area (Å²) < 4.78 is 0. The average Bonchev–Trinajstić information content (AvgIpc) is 2.54. The lowest BCUT2D eigenvalue weighted by Gasteiger charge is -2.29. The van der Waals surface area contributed by atoms with Gasteiger partial charge in [0.15, 0.2) is 0 Å². The highest BCUT2D eigenvalue weighted by molar-refractivity contribution is 6.30. The van der Waals surface area contributed by atoms with Gasteiger partial charge in [-0.3, -0.25) is 19.5 Å². The molecule has 0 fully saturated rings. The van der Waals surface area contributed by atoms with Crippen LogP contribution < -0.4 is 10.2 Å². The molecule has 120 valence electrons. The number of amides is 2. The van der Waals surface area contributed by atoms with Crippen LogP contribution in [-0.4, -0.2) is 24.7 Å². The Hall–Kier alpha value is -2.69. The maximum Gasteiger partial charge on any atom is 0.257 e. The zero-order valence-electron chi connectivity index (χ0n) is 13.9.